The molecular weight excluding hydrogens is 791 g/mol. The fourth-order valence-electron chi connectivity index (χ4n) is 10.1. The first kappa shape index (κ1) is 36.7. The number of nitriles is 1. The minimum absolute atomic E-state index is 0.637. The van der Waals surface area contributed by atoms with Gasteiger partial charge in [-0.05, 0) is 102 Å². The van der Waals surface area contributed by atoms with Crippen LogP contribution in [0.4, 0.5) is 0 Å². The maximum absolute atomic E-state index is 10.1. The third kappa shape index (κ3) is 5.75. The molecule has 0 N–H and O–H groups in total. The molecule has 0 aliphatic carbocycles. The van der Waals surface area contributed by atoms with Crippen LogP contribution in [-0.2, 0) is 0 Å². The van der Waals surface area contributed by atoms with Gasteiger partial charge in [0, 0.05) is 38.5 Å². The quantitative estimate of drug-likeness (QED) is 0.157. The van der Waals surface area contributed by atoms with Gasteiger partial charge in [0.2, 0.25) is 0 Å². The van der Waals surface area contributed by atoms with Gasteiger partial charge in [-0.25, -0.2) is 15.0 Å². The molecular formula is C60H35N5. The minimum atomic E-state index is 0.637. The van der Waals surface area contributed by atoms with Gasteiger partial charge < -0.3 is 4.57 Å². The van der Waals surface area contributed by atoms with E-state index in [1.807, 2.05) is 72.8 Å². The van der Waals surface area contributed by atoms with Crippen molar-refractivity contribution >= 4 is 64.9 Å². The zero-order chi connectivity index (χ0) is 43.0. The minimum Gasteiger partial charge on any atom is -0.309 e. The van der Waals surface area contributed by atoms with Gasteiger partial charge in [0.25, 0.3) is 0 Å². The highest BCUT2D eigenvalue weighted by atomic mass is 15.0. The highest BCUT2D eigenvalue weighted by Gasteiger charge is 2.22. The summed E-state index contributed by atoms with van der Waals surface area (Å²) in [5.41, 5.74) is 11.5. The van der Waals surface area contributed by atoms with E-state index in [-0.39, 0.29) is 0 Å². The van der Waals surface area contributed by atoms with E-state index in [1.165, 1.54) is 32.5 Å². The van der Waals surface area contributed by atoms with Crippen molar-refractivity contribution in [3.05, 3.63) is 218 Å². The summed E-state index contributed by atoms with van der Waals surface area (Å²) in [5.74, 6) is 1.91. The molecule has 0 saturated carbocycles. The molecule has 0 atom stereocenters. The number of hydrogen-bond donors (Lipinski definition) is 0. The molecule has 13 aromatic rings. The van der Waals surface area contributed by atoms with Crippen LogP contribution < -0.4 is 0 Å². The molecule has 65 heavy (non-hydrogen) atoms. The summed E-state index contributed by atoms with van der Waals surface area (Å²) < 4.78 is 2.32. The summed E-state index contributed by atoms with van der Waals surface area (Å²) in [6, 6.07) is 77.1. The van der Waals surface area contributed by atoms with E-state index >= 15 is 0 Å². The number of hydrogen-bond acceptors (Lipinski definition) is 4. The van der Waals surface area contributed by atoms with Gasteiger partial charge in [0.15, 0.2) is 17.5 Å². The van der Waals surface area contributed by atoms with Crippen molar-refractivity contribution in [2.45, 2.75) is 0 Å². The molecule has 0 spiro atoms. The van der Waals surface area contributed by atoms with Crippen LogP contribution in [0.2, 0.25) is 0 Å². The normalized spacial score (nSPS) is 11.7. The van der Waals surface area contributed by atoms with E-state index in [0.29, 0.717) is 23.0 Å². The summed E-state index contributed by atoms with van der Waals surface area (Å²) in [5, 5.41) is 21.4. The van der Waals surface area contributed by atoms with Crippen LogP contribution >= 0.6 is 0 Å². The van der Waals surface area contributed by atoms with Gasteiger partial charge in [-0.15, -0.1) is 0 Å². The molecule has 300 valence electrons. The first-order valence-electron chi connectivity index (χ1n) is 21.8. The summed E-state index contributed by atoms with van der Waals surface area (Å²) >= 11 is 0. The molecule has 0 radical (unpaired) electrons. The number of aromatic nitrogens is 4. The predicted octanol–water partition coefficient (Wildman–Crippen LogP) is 15.2. The van der Waals surface area contributed by atoms with Crippen LogP contribution in [0.25, 0.3) is 127 Å². The third-order valence-corrected chi connectivity index (χ3v) is 13.1. The lowest BCUT2D eigenvalue weighted by Crippen LogP contribution is -2.00. The molecule has 0 amide bonds. The zero-order valence-electron chi connectivity index (χ0n) is 34.9. The molecule has 0 aliphatic heterocycles. The maximum atomic E-state index is 10.1. The molecule has 2 aromatic heterocycles. The Balaban J connectivity index is 0.974. The monoisotopic (exact) mass is 825 g/mol. The van der Waals surface area contributed by atoms with Crippen molar-refractivity contribution < 1.29 is 0 Å². The molecule has 0 saturated heterocycles. The van der Waals surface area contributed by atoms with Crippen molar-refractivity contribution in [1.29, 1.82) is 5.26 Å². The molecule has 0 fully saturated rings. The Morgan fingerprint density at radius 3 is 1.38 bits per heavy atom. The van der Waals surface area contributed by atoms with E-state index in [2.05, 4.69) is 150 Å². The first-order valence-corrected chi connectivity index (χ1v) is 21.8. The van der Waals surface area contributed by atoms with E-state index in [0.717, 1.165) is 77.0 Å². The Bertz CT molecular complexity index is 3980. The number of nitrogens with zero attached hydrogens (tertiary/aromatic N) is 5. The summed E-state index contributed by atoms with van der Waals surface area (Å²) in [6.45, 7) is 0. The standard InChI is InChI=1S/C60H35N5/c61-36-41-28-32-54-56-44(41)29-30-49-43(31-33-55(57(49)56)65(54)42-18-8-3-9-19-42)37-24-26-38(27-25-37)50-34-51-47-22-12-13-23-48(47)53(35-52(51)46-21-11-10-20-45(46)50)60-63-58(39-14-4-1-5-15-39)62-59(64-60)40-16-6-2-7-17-40/h1-35H. The van der Waals surface area contributed by atoms with E-state index in [1.54, 1.807) is 0 Å². The van der Waals surface area contributed by atoms with Gasteiger partial charge in [0.05, 0.1) is 22.7 Å². The van der Waals surface area contributed by atoms with Gasteiger partial charge in [-0.3, -0.25) is 0 Å². The highest BCUT2D eigenvalue weighted by molar-refractivity contribution is 6.28. The van der Waals surface area contributed by atoms with E-state index < -0.39 is 0 Å². The largest absolute Gasteiger partial charge is 0.309 e. The van der Waals surface area contributed by atoms with Crippen molar-refractivity contribution in [1.82, 2.24) is 19.5 Å². The average Bonchev–Trinajstić information content (AvgIpc) is 3.73. The van der Waals surface area contributed by atoms with Gasteiger partial charge in [-0.2, -0.15) is 5.26 Å². The summed E-state index contributed by atoms with van der Waals surface area (Å²) in [4.78, 5) is 15.3. The number of benzene rings is 11. The Hall–Kier alpha value is -8.98. The van der Waals surface area contributed by atoms with Crippen LogP contribution in [0.1, 0.15) is 5.56 Å². The second-order valence-electron chi connectivity index (χ2n) is 16.6. The lowest BCUT2D eigenvalue weighted by Gasteiger charge is -2.16. The molecule has 5 nitrogen and oxygen atoms in total. The fourth-order valence-corrected chi connectivity index (χ4v) is 10.1. The molecule has 5 heteroatoms. The number of rotatable bonds is 6. The van der Waals surface area contributed by atoms with Crippen LogP contribution in [0, 0.1) is 11.3 Å². The van der Waals surface area contributed by atoms with Crippen LogP contribution in [-0.4, -0.2) is 19.5 Å². The van der Waals surface area contributed by atoms with Crippen molar-refractivity contribution in [2.75, 3.05) is 0 Å². The van der Waals surface area contributed by atoms with Gasteiger partial charge in [0.1, 0.15) is 0 Å². The smallest absolute Gasteiger partial charge is 0.164 e. The molecule has 2 heterocycles. The first-order chi connectivity index (χ1) is 32.2. The summed E-state index contributed by atoms with van der Waals surface area (Å²) in [6.07, 6.45) is 0. The number of para-hydroxylation sites is 1. The summed E-state index contributed by atoms with van der Waals surface area (Å²) in [7, 11) is 0. The van der Waals surface area contributed by atoms with E-state index in [9.17, 15) is 5.26 Å². The molecule has 11 aromatic carbocycles. The topological polar surface area (TPSA) is 67.4 Å². The Morgan fingerprint density at radius 2 is 0.785 bits per heavy atom. The molecule has 13 rings (SSSR count). The van der Waals surface area contributed by atoms with E-state index in [4.69, 9.17) is 15.0 Å². The zero-order valence-corrected chi connectivity index (χ0v) is 34.9. The molecule has 0 aliphatic rings. The molecule has 0 unspecified atom stereocenters. The second kappa shape index (κ2) is 14.6. The van der Waals surface area contributed by atoms with Crippen LogP contribution in [0.3, 0.4) is 0 Å². The molecule has 0 bridgehead atoms. The predicted molar refractivity (Wildman–Crippen MR) is 267 cm³/mol. The van der Waals surface area contributed by atoms with Gasteiger partial charge in [-0.1, -0.05) is 170 Å². The fraction of sp³-hybridized carbons (Fsp3) is 0. The maximum Gasteiger partial charge on any atom is 0.164 e. The van der Waals surface area contributed by atoms with Gasteiger partial charge >= 0.3 is 0 Å². The highest BCUT2D eigenvalue weighted by Crippen LogP contribution is 2.45. The van der Waals surface area contributed by atoms with Crippen molar-refractivity contribution in [2.24, 2.45) is 0 Å². The number of fused-ring (bicyclic) bond motifs is 5. The van der Waals surface area contributed by atoms with Crippen LogP contribution in [0.15, 0.2) is 212 Å². The SMILES string of the molecule is N#Cc1ccc2c3c1ccc1c(-c4ccc(-c5cc6c7ccccc7c(-c7nc(-c8ccccc8)nc(-c8ccccc8)n7)cc6c6ccccc56)cc4)ccc(c13)n2-c1ccccc1. The third-order valence-electron chi connectivity index (χ3n) is 13.1. The van der Waals surface area contributed by atoms with Crippen molar-refractivity contribution in [3.63, 3.8) is 0 Å². The van der Waals surface area contributed by atoms with Crippen LogP contribution in [0.5, 0.6) is 0 Å². The average molecular weight is 826 g/mol. The Morgan fingerprint density at radius 1 is 0.323 bits per heavy atom. The lowest BCUT2D eigenvalue weighted by atomic mass is 9.88. The van der Waals surface area contributed by atoms with Crippen molar-refractivity contribution in [3.8, 4) is 68.2 Å². The second-order valence-corrected chi connectivity index (χ2v) is 16.6. The lowest BCUT2D eigenvalue weighted by molar-refractivity contribution is 1.08. The Kier molecular flexibility index (Phi) is 8.21. The Labute approximate surface area is 374 Å².